The van der Waals surface area contributed by atoms with Crippen molar-refractivity contribution in [3.63, 3.8) is 0 Å². The fourth-order valence-corrected chi connectivity index (χ4v) is 7.24. The molecule has 1 aliphatic carbocycles. The summed E-state index contributed by atoms with van der Waals surface area (Å²) in [6.07, 6.45) is 4.86. The molecule has 158 valence electrons. The zero-order chi connectivity index (χ0) is 21.1. The normalized spacial score (nSPS) is 23.4. The minimum atomic E-state index is -2.56. The van der Waals surface area contributed by atoms with Gasteiger partial charge in [-0.15, -0.1) is 0 Å². The van der Waals surface area contributed by atoms with Crippen molar-refractivity contribution in [2.75, 3.05) is 28.7 Å². The Kier molecular flexibility index (Phi) is 4.47. The molecule has 3 heterocycles. The third-order valence-electron chi connectivity index (χ3n) is 6.21. The number of benzene rings is 1. The quantitative estimate of drug-likeness (QED) is 0.495. The van der Waals surface area contributed by atoms with Gasteiger partial charge in [-0.1, -0.05) is 29.5 Å². The minimum Gasteiger partial charge on any atom is -0.378 e. The summed E-state index contributed by atoms with van der Waals surface area (Å²) in [5.74, 6) is 7.40. The Morgan fingerprint density at radius 2 is 1.93 bits per heavy atom. The number of nitrogen functional groups attached to an aromatic ring is 1. The molecular formula is C21H23ClN4O3S. The molecular weight excluding hydrogens is 424 g/mol. The second-order valence-electron chi connectivity index (χ2n) is 8.58. The van der Waals surface area contributed by atoms with E-state index < -0.39 is 16.2 Å². The van der Waals surface area contributed by atoms with E-state index in [-0.39, 0.29) is 11.4 Å². The van der Waals surface area contributed by atoms with Gasteiger partial charge in [0.2, 0.25) is 5.95 Å². The van der Waals surface area contributed by atoms with Crippen LogP contribution < -0.4 is 10.6 Å². The molecule has 0 atom stereocenters. The Morgan fingerprint density at radius 3 is 2.63 bits per heavy atom. The van der Waals surface area contributed by atoms with E-state index in [2.05, 4.69) is 21.8 Å². The number of aliphatic hydroxyl groups is 1. The zero-order valence-electron chi connectivity index (χ0n) is 16.3. The molecule has 9 heteroatoms. The van der Waals surface area contributed by atoms with E-state index >= 15 is 0 Å². The molecule has 0 bridgehead atoms. The summed E-state index contributed by atoms with van der Waals surface area (Å²) in [4.78, 5) is 10.2. The predicted octanol–water partition coefficient (Wildman–Crippen LogP) is 3.52. The summed E-state index contributed by atoms with van der Waals surface area (Å²) >= 11 is 6.38. The topological polar surface area (TPSA) is 116 Å². The Morgan fingerprint density at radius 1 is 1.20 bits per heavy atom. The molecule has 5 rings (SSSR count). The van der Waals surface area contributed by atoms with E-state index in [1.54, 1.807) is 0 Å². The van der Waals surface area contributed by atoms with Crippen molar-refractivity contribution in [1.82, 2.24) is 9.97 Å². The minimum absolute atomic E-state index is 0.120. The van der Waals surface area contributed by atoms with Crippen molar-refractivity contribution in [2.24, 2.45) is 0 Å². The van der Waals surface area contributed by atoms with Crippen LogP contribution in [0.25, 0.3) is 0 Å². The Bertz CT molecular complexity index is 1080. The molecule has 7 nitrogen and oxygen atoms in total. The molecule has 0 amide bonds. The Balaban J connectivity index is 1.57. The van der Waals surface area contributed by atoms with Crippen molar-refractivity contribution in [3.05, 3.63) is 40.5 Å². The Labute approximate surface area is 181 Å². The molecule has 0 unspecified atom stereocenters. The average Bonchev–Trinajstić information content (AvgIpc) is 3.24. The second-order valence-corrected chi connectivity index (χ2v) is 11.2. The van der Waals surface area contributed by atoms with Crippen LogP contribution in [0.4, 0.5) is 17.5 Å². The van der Waals surface area contributed by atoms with Crippen LogP contribution in [0.15, 0.2) is 24.4 Å². The second kappa shape index (κ2) is 6.74. The number of fused-ring (bicyclic) bond motifs is 2. The molecule has 1 spiro atoms. The van der Waals surface area contributed by atoms with Crippen LogP contribution in [-0.2, 0) is 5.41 Å². The van der Waals surface area contributed by atoms with E-state index in [9.17, 15) is 14.2 Å². The summed E-state index contributed by atoms with van der Waals surface area (Å²) in [5.41, 5.74) is 7.19. The van der Waals surface area contributed by atoms with Gasteiger partial charge in [0, 0.05) is 17.8 Å². The summed E-state index contributed by atoms with van der Waals surface area (Å²) in [6.45, 7) is 0.523. The molecule has 1 saturated carbocycles. The molecule has 2 aromatic rings. The molecule has 2 aliphatic heterocycles. The lowest BCUT2D eigenvalue weighted by molar-refractivity contribution is 0.110. The highest BCUT2D eigenvalue weighted by Crippen LogP contribution is 2.64. The number of hydrogen-bond acceptors (Lipinski definition) is 7. The standard InChI is InChI=1S/C21H23ClN4O3S/c22-16-10-24-19(23)25-18(16)26-11-20(12-30(28,29)13-20)15-4-3-14(9-17(15)26)5-8-21(27)6-1-2-7-21/h3-4,9-10,27-29H,1-2,6-7,11-13H2,(H2,23,24,25). The van der Waals surface area contributed by atoms with Gasteiger partial charge >= 0.3 is 0 Å². The summed E-state index contributed by atoms with van der Waals surface area (Å²) in [7, 11) is -2.56. The first kappa shape index (κ1) is 19.9. The highest BCUT2D eigenvalue weighted by Gasteiger charge is 2.55. The van der Waals surface area contributed by atoms with E-state index in [1.165, 1.54) is 6.20 Å². The molecule has 3 aliphatic rings. The van der Waals surface area contributed by atoms with Crippen LogP contribution in [0.1, 0.15) is 36.8 Å². The summed E-state index contributed by atoms with van der Waals surface area (Å²) in [6, 6.07) is 5.87. The average molecular weight is 447 g/mol. The monoisotopic (exact) mass is 446 g/mol. The van der Waals surface area contributed by atoms with Crippen molar-refractivity contribution in [3.8, 4) is 11.8 Å². The van der Waals surface area contributed by atoms with Crippen LogP contribution in [0, 0.1) is 11.8 Å². The first-order valence-corrected chi connectivity index (χ1v) is 12.1. The van der Waals surface area contributed by atoms with Crippen LogP contribution in [-0.4, -0.2) is 47.8 Å². The molecule has 30 heavy (non-hydrogen) atoms. The molecule has 1 saturated heterocycles. The van der Waals surface area contributed by atoms with Crippen LogP contribution >= 0.6 is 22.2 Å². The molecule has 5 N–H and O–H groups in total. The van der Waals surface area contributed by atoms with Gasteiger partial charge in [-0.3, -0.25) is 9.11 Å². The molecule has 1 aromatic heterocycles. The number of aromatic nitrogens is 2. The highest BCUT2D eigenvalue weighted by molar-refractivity contribution is 8.25. The van der Waals surface area contributed by atoms with E-state index in [4.69, 9.17) is 17.3 Å². The van der Waals surface area contributed by atoms with Gasteiger partial charge in [0.1, 0.15) is 10.6 Å². The third-order valence-corrected chi connectivity index (χ3v) is 8.50. The largest absolute Gasteiger partial charge is 0.378 e. The van der Waals surface area contributed by atoms with E-state index in [0.29, 0.717) is 41.7 Å². The van der Waals surface area contributed by atoms with Gasteiger partial charge in [-0.2, -0.15) is 15.6 Å². The lowest BCUT2D eigenvalue weighted by Crippen LogP contribution is -2.51. The fourth-order valence-electron chi connectivity index (χ4n) is 4.87. The van der Waals surface area contributed by atoms with Crippen molar-refractivity contribution in [2.45, 2.75) is 36.7 Å². The Hall–Kier alpha value is -2.02. The van der Waals surface area contributed by atoms with Crippen molar-refractivity contribution < 1.29 is 14.2 Å². The first-order chi connectivity index (χ1) is 14.2. The predicted molar refractivity (Wildman–Crippen MR) is 119 cm³/mol. The number of anilines is 3. The van der Waals surface area contributed by atoms with Crippen molar-refractivity contribution in [1.29, 1.82) is 0 Å². The number of nitrogens with two attached hydrogens (primary N) is 1. The van der Waals surface area contributed by atoms with Gasteiger partial charge in [0.05, 0.1) is 23.1 Å². The lowest BCUT2D eigenvalue weighted by atomic mass is 9.85. The van der Waals surface area contributed by atoms with Gasteiger partial charge < -0.3 is 15.7 Å². The number of nitrogens with zero attached hydrogens (tertiary/aromatic N) is 3. The first-order valence-electron chi connectivity index (χ1n) is 9.88. The van der Waals surface area contributed by atoms with Gasteiger partial charge in [0.15, 0.2) is 5.82 Å². The maximum absolute atomic E-state index is 10.5. The van der Waals surface area contributed by atoms with Crippen LogP contribution in [0.5, 0.6) is 0 Å². The molecule has 0 radical (unpaired) electrons. The van der Waals surface area contributed by atoms with Crippen molar-refractivity contribution >= 4 is 39.6 Å². The third kappa shape index (κ3) is 3.31. The van der Waals surface area contributed by atoms with Crippen LogP contribution in [0.2, 0.25) is 5.02 Å². The SMILES string of the molecule is Nc1ncc(Cl)c(N2CC3(CS(O)(O)C3)c3ccc(C#CC4(O)CCCC4)cc32)n1. The maximum atomic E-state index is 10.5. The molecule has 2 fully saturated rings. The number of rotatable bonds is 1. The van der Waals surface area contributed by atoms with Gasteiger partial charge in [-0.25, -0.2) is 4.98 Å². The van der Waals surface area contributed by atoms with E-state index in [0.717, 1.165) is 29.7 Å². The lowest BCUT2D eigenvalue weighted by Gasteiger charge is -2.54. The van der Waals surface area contributed by atoms with Gasteiger partial charge in [0.25, 0.3) is 0 Å². The molecule has 1 aromatic carbocycles. The van der Waals surface area contributed by atoms with Crippen LogP contribution in [0.3, 0.4) is 0 Å². The fraction of sp³-hybridized carbons (Fsp3) is 0.429. The number of hydrogen-bond donors (Lipinski definition) is 4. The highest BCUT2D eigenvalue weighted by atomic mass is 35.5. The smallest absolute Gasteiger partial charge is 0.222 e. The zero-order valence-corrected chi connectivity index (χ0v) is 17.9. The summed E-state index contributed by atoms with van der Waals surface area (Å²) < 4.78 is 20.2. The summed E-state index contributed by atoms with van der Waals surface area (Å²) in [5, 5.41) is 10.9. The number of halogens is 1. The van der Waals surface area contributed by atoms with E-state index in [1.807, 2.05) is 23.1 Å². The maximum Gasteiger partial charge on any atom is 0.222 e. The van der Waals surface area contributed by atoms with Gasteiger partial charge in [-0.05, 0) is 43.4 Å².